The number of nitrogens with zero attached hydrogens (tertiary/aromatic N) is 3. The number of aliphatic hydroxyl groups is 1. The highest BCUT2D eigenvalue weighted by molar-refractivity contribution is 8.19. The van der Waals surface area contributed by atoms with Gasteiger partial charge in [-0.3, -0.25) is 5.41 Å². The van der Waals surface area contributed by atoms with Crippen molar-refractivity contribution in [3.8, 4) is 12.8 Å². The van der Waals surface area contributed by atoms with Crippen molar-refractivity contribution in [2.75, 3.05) is 19.6 Å². The van der Waals surface area contributed by atoms with Gasteiger partial charge in [0.25, 0.3) is 10.0 Å². The molecule has 0 aromatic carbocycles. The first-order valence-electron chi connectivity index (χ1n) is 11.4. The van der Waals surface area contributed by atoms with Gasteiger partial charge in [-0.2, -0.15) is 4.31 Å². The molecule has 0 saturated carbocycles. The van der Waals surface area contributed by atoms with Crippen LogP contribution in [0.5, 0.6) is 0 Å². The number of aliphatic imine (C=N–C) groups is 2. The van der Waals surface area contributed by atoms with Crippen molar-refractivity contribution in [2.45, 2.75) is 48.1 Å². The second-order valence-electron chi connectivity index (χ2n) is 7.74. The molecule has 0 atom stereocenters. The lowest BCUT2D eigenvalue weighted by molar-refractivity contribution is 0.410. The summed E-state index contributed by atoms with van der Waals surface area (Å²) in [6, 6.07) is 3.56. The number of furan rings is 1. The lowest BCUT2D eigenvalue weighted by Gasteiger charge is -2.19. The SMILES string of the molecule is C#C.CC(C)C.CCN(CC)S(=O)(=O)/C(S/C=C/N=C(CNCc1ccco1)N=C(N)C(=N)N)=C(/C)O. The molecule has 1 heterocycles. The zero-order valence-corrected chi connectivity index (χ0v) is 24.1. The number of nitrogens with two attached hydrogens (primary N) is 2. The van der Waals surface area contributed by atoms with E-state index in [-0.39, 0.29) is 41.3 Å². The van der Waals surface area contributed by atoms with Gasteiger partial charge < -0.3 is 26.3 Å². The number of nitrogens with one attached hydrogen (secondary N) is 2. The second-order valence-corrected chi connectivity index (χ2v) is 10.8. The number of hydrogen-bond donors (Lipinski definition) is 5. The number of amidine groups is 3. The van der Waals surface area contributed by atoms with Crippen LogP contribution in [0.2, 0.25) is 0 Å². The normalized spacial score (nSPS) is 13.0. The van der Waals surface area contributed by atoms with E-state index in [1.165, 1.54) is 22.8 Å². The fourth-order valence-electron chi connectivity index (χ4n) is 2.25. The number of rotatable bonds is 11. The quantitative estimate of drug-likeness (QED) is 0.119. The Morgan fingerprint density at radius 1 is 1.30 bits per heavy atom. The second kappa shape index (κ2) is 20.1. The molecule has 0 unspecified atom stereocenters. The topological polar surface area (TPSA) is 183 Å². The Bertz CT molecular complexity index is 1030. The van der Waals surface area contributed by atoms with Gasteiger partial charge in [-0.1, -0.05) is 46.4 Å². The third-order valence-corrected chi connectivity index (χ3v) is 7.37. The molecule has 0 aliphatic carbocycles. The highest BCUT2D eigenvalue weighted by Crippen LogP contribution is 2.28. The molecule has 0 amide bonds. The third kappa shape index (κ3) is 15.6. The number of allylic oxidation sites excluding steroid dienone is 1. The van der Waals surface area contributed by atoms with Gasteiger partial charge in [0.1, 0.15) is 17.4 Å². The highest BCUT2D eigenvalue weighted by Gasteiger charge is 2.26. The summed E-state index contributed by atoms with van der Waals surface area (Å²) < 4.78 is 31.6. The van der Waals surface area contributed by atoms with E-state index in [0.29, 0.717) is 12.3 Å². The molecule has 7 N–H and O–H groups in total. The molecule has 0 fully saturated rings. The molecule has 0 bridgehead atoms. The van der Waals surface area contributed by atoms with E-state index in [0.717, 1.165) is 17.7 Å². The van der Waals surface area contributed by atoms with Crippen molar-refractivity contribution in [3.63, 3.8) is 0 Å². The number of thioether (sulfide) groups is 1. The summed E-state index contributed by atoms with van der Waals surface area (Å²) in [5.41, 5.74) is 10.9. The van der Waals surface area contributed by atoms with Crippen molar-refractivity contribution in [3.05, 3.63) is 45.8 Å². The molecule has 1 rings (SSSR count). The van der Waals surface area contributed by atoms with Crippen LogP contribution < -0.4 is 16.8 Å². The van der Waals surface area contributed by atoms with E-state index >= 15 is 0 Å². The van der Waals surface area contributed by atoms with Crippen molar-refractivity contribution < 1.29 is 17.9 Å². The molecule has 13 heteroatoms. The Balaban J connectivity index is 0. The molecule has 0 aliphatic heterocycles. The molecule has 11 nitrogen and oxygen atoms in total. The summed E-state index contributed by atoms with van der Waals surface area (Å²) in [6.45, 7) is 12.4. The molecule has 0 radical (unpaired) electrons. The first-order valence-corrected chi connectivity index (χ1v) is 13.7. The average molecular weight is 556 g/mol. The molecule has 0 spiro atoms. The monoisotopic (exact) mass is 555 g/mol. The number of hydrogen-bond acceptors (Lipinski definition) is 8. The zero-order valence-electron chi connectivity index (χ0n) is 22.4. The maximum atomic E-state index is 12.7. The van der Waals surface area contributed by atoms with Gasteiger partial charge in [-0.05, 0) is 30.4 Å². The van der Waals surface area contributed by atoms with Crippen molar-refractivity contribution >= 4 is 39.3 Å². The lowest BCUT2D eigenvalue weighted by atomic mass is 10.3. The summed E-state index contributed by atoms with van der Waals surface area (Å²) in [6.07, 6.45) is 10.9. The van der Waals surface area contributed by atoms with E-state index in [9.17, 15) is 13.5 Å². The van der Waals surface area contributed by atoms with Crippen LogP contribution in [0.4, 0.5) is 0 Å². The van der Waals surface area contributed by atoms with Crippen molar-refractivity contribution in [1.82, 2.24) is 9.62 Å². The van der Waals surface area contributed by atoms with Gasteiger partial charge in [-0.25, -0.2) is 18.4 Å². The molecule has 0 saturated heterocycles. The maximum absolute atomic E-state index is 12.7. The first-order chi connectivity index (χ1) is 17.4. The smallest absolute Gasteiger partial charge is 0.252 e. The van der Waals surface area contributed by atoms with Crippen molar-refractivity contribution in [2.24, 2.45) is 27.4 Å². The molecular weight excluding hydrogens is 514 g/mol. The summed E-state index contributed by atoms with van der Waals surface area (Å²) in [5, 5.41) is 21.7. The van der Waals surface area contributed by atoms with Gasteiger partial charge in [0.15, 0.2) is 15.9 Å². The number of terminal acetylenes is 1. The predicted octanol–water partition coefficient (Wildman–Crippen LogP) is 3.60. The maximum Gasteiger partial charge on any atom is 0.252 e. The van der Waals surface area contributed by atoms with Gasteiger partial charge in [-0.15, -0.1) is 12.8 Å². The van der Waals surface area contributed by atoms with Crippen LogP contribution in [0.25, 0.3) is 0 Å². The lowest BCUT2D eigenvalue weighted by Crippen LogP contribution is -2.32. The Morgan fingerprint density at radius 2 is 1.86 bits per heavy atom. The minimum atomic E-state index is -3.82. The summed E-state index contributed by atoms with van der Waals surface area (Å²) in [5.74, 6) is 0.849. The van der Waals surface area contributed by atoms with Crippen LogP contribution in [-0.4, -0.2) is 55.0 Å². The van der Waals surface area contributed by atoms with Gasteiger partial charge >= 0.3 is 0 Å². The minimum absolute atomic E-state index is 0.184. The molecule has 0 aliphatic rings. The van der Waals surface area contributed by atoms with E-state index in [1.807, 2.05) is 0 Å². The van der Waals surface area contributed by atoms with E-state index in [2.05, 4.69) is 48.9 Å². The van der Waals surface area contributed by atoms with Crippen LogP contribution in [0.15, 0.2) is 54.4 Å². The predicted molar refractivity (Wildman–Crippen MR) is 156 cm³/mol. The molecule has 1 aromatic rings. The number of sulfonamides is 1. The fourth-order valence-corrected chi connectivity index (χ4v) is 4.92. The van der Waals surface area contributed by atoms with Crippen LogP contribution in [0.1, 0.15) is 47.3 Å². The van der Waals surface area contributed by atoms with Gasteiger partial charge in [0.05, 0.1) is 19.4 Å². The minimum Gasteiger partial charge on any atom is -0.511 e. The Morgan fingerprint density at radius 3 is 2.30 bits per heavy atom. The fraction of sp³-hybridized carbons (Fsp3) is 0.458. The molecule has 1 aromatic heterocycles. The Labute approximate surface area is 225 Å². The standard InChI is InChI=1S/C18H29N7O4S2.C4H10.C2H2/c1-4-25(5-2)31(27,28)18(13(3)26)30-10-8-23-15(24-17(21)16(19)20)12-22-11-14-7-6-9-29-14;1-4(2)3;1-2/h6-10,22,26H,4-5,11-12H2,1-3H3,(H3,19,20)(H2,21,23,24);4H,1-3H3;1-2H/b10-8+,18-13-;;. The van der Waals surface area contributed by atoms with E-state index < -0.39 is 15.9 Å². The molecule has 208 valence electrons. The highest BCUT2D eigenvalue weighted by atomic mass is 32.3. The average Bonchev–Trinajstić information content (AvgIpc) is 3.33. The van der Waals surface area contributed by atoms with Crippen LogP contribution in [-0.2, 0) is 16.6 Å². The Hall–Kier alpha value is -3.05. The van der Waals surface area contributed by atoms with Gasteiger partial charge in [0.2, 0.25) is 0 Å². The van der Waals surface area contributed by atoms with Crippen LogP contribution >= 0.6 is 11.8 Å². The first kappa shape index (κ1) is 36.1. The van der Waals surface area contributed by atoms with Gasteiger partial charge in [0, 0.05) is 19.3 Å². The Kier molecular flexibility index (Phi) is 19.6. The molecule has 37 heavy (non-hydrogen) atoms. The summed E-state index contributed by atoms with van der Waals surface area (Å²) in [7, 11) is -3.82. The zero-order chi connectivity index (χ0) is 29.0. The van der Waals surface area contributed by atoms with Crippen molar-refractivity contribution in [1.29, 1.82) is 5.41 Å². The molecular formula is C24H41N7O4S2. The summed E-state index contributed by atoms with van der Waals surface area (Å²) >= 11 is 0.815. The van der Waals surface area contributed by atoms with E-state index in [4.69, 9.17) is 21.3 Å². The third-order valence-electron chi connectivity index (χ3n) is 3.72. The largest absolute Gasteiger partial charge is 0.511 e. The van der Waals surface area contributed by atoms with Crippen LogP contribution in [0.3, 0.4) is 0 Å². The van der Waals surface area contributed by atoms with E-state index in [1.54, 1.807) is 32.2 Å². The number of aliphatic hydroxyl groups excluding tert-OH is 1. The summed E-state index contributed by atoms with van der Waals surface area (Å²) in [4.78, 5) is 8.16. The van der Waals surface area contributed by atoms with Crippen LogP contribution in [0, 0.1) is 24.2 Å².